The largest absolute Gasteiger partial charge is 0.497 e. The highest BCUT2D eigenvalue weighted by atomic mass is 16.6. The van der Waals surface area contributed by atoms with Gasteiger partial charge in [0.25, 0.3) is 11.6 Å². The zero-order valence-electron chi connectivity index (χ0n) is 14.1. The molecule has 2 amide bonds. The minimum absolute atomic E-state index is 0.149. The Kier molecular flexibility index (Phi) is 4.83. The van der Waals surface area contributed by atoms with Gasteiger partial charge in [-0.25, -0.2) is 0 Å². The zero-order valence-corrected chi connectivity index (χ0v) is 14.1. The Balaban J connectivity index is 1.72. The predicted molar refractivity (Wildman–Crippen MR) is 94.5 cm³/mol. The molecule has 0 aromatic heterocycles. The molecule has 0 saturated carbocycles. The first-order valence-electron chi connectivity index (χ1n) is 8.00. The molecular formula is C18H17N3O5. The lowest BCUT2D eigenvalue weighted by Crippen LogP contribution is -2.39. The highest BCUT2D eigenvalue weighted by molar-refractivity contribution is 6.03. The number of nitro benzene ring substituents is 1. The van der Waals surface area contributed by atoms with Crippen molar-refractivity contribution < 1.29 is 19.2 Å². The highest BCUT2D eigenvalue weighted by Crippen LogP contribution is 2.27. The van der Waals surface area contributed by atoms with Crippen molar-refractivity contribution in [2.75, 3.05) is 25.1 Å². The van der Waals surface area contributed by atoms with E-state index in [1.165, 1.54) is 25.3 Å². The molecule has 0 spiro atoms. The van der Waals surface area contributed by atoms with E-state index >= 15 is 0 Å². The molecule has 2 aromatic rings. The van der Waals surface area contributed by atoms with Crippen LogP contribution in [-0.2, 0) is 11.2 Å². The highest BCUT2D eigenvalue weighted by Gasteiger charge is 2.26. The van der Waals surface area contributed by atoms with Crippen molar-refractivity contribution in [3.63, 3.8) is 0 Å². The van der Waals surface area contributed by atoms with Gasteiger partial charge in [0.2, 0.25) is 5.91 Å². The summed E-state index contributed by atoms with van der Waals surface area (Å²) in [6, 6.07) is 11.5. The fraction of sp³-hybridized carbons (Fsp3) is 0.222. The van der Waals surface area contributed by atoms with Crippen LogP contribution in [0.15, 0.2) is 42.5 Å². The molecule has 1 aliphatic rings. The third-order valence-corrected chi connectivity index (χ3v) is 4.23. The van der Waals surface area contributed by atoms with Crippen molar-refractivity contribution in [1.29, 1.82) is 0 Å². The van der Waals surface area contributed by atoms with Crippen molar-refractivity contribution in [3.8, 4) is 5.75 Å². The maximum Gasteiger partial charge on any atom is 0.282 e. The summed E-state index contributed by atoms with van der Waals surface area (Å²) in [5.74, 6) is -0.647. The Labute approximate surface area is 149 Å². The van der Waals surface area contributed by atoms with Gasteiger partial charge in [-0.15, -0.1) is 0 Å². The van der Waals surface area contributed by atoms with Crippen molar-refractivity contribution in [2.45, 2.75) is 6.42 Å². The van der Waals surface area contributed by atoms with E-state index in [9.17, 15) is 19.7 Å². The number of nitrogens with zero attached hydrogens (tertiary/aromatic N) is 2. The standard InChI is InChI=1S/C18H17N3O5/c1-26-13-6-7-16(21(24)25)14(10-13)18(23)19-11-17(22)20-9-8-12-4-2-3-5-15(12)20/h2-7,10H,8-9,11H2,1H3,(H,19,23). The van der Waals surface area contributed by atoms with Crippen molar-refractivity contribution in [1.82, 2.24) is 5.32 Å². The van der Waals surface area contributed by atoms with E-state index in [1.54, 1.807) is 4.90 Å². The van der Waals surface area contributed by atoms with Gasteiger partial charge in [-0.05, 0) is 30.2 Å². The van der Waals surface area contributed by atoms with Crippen LogP contribution < -0.4 is 15.0 Å². The summed E-state index contributed by atoms with van der Waals surface area (Å²) in [6.45, 7) is 0.300. The second-order valence-electron chi connectivity index (χ2n) is 5.75. The van der Waals surface area contributed by atoms with Crippen LogP contribution in [-0.4, -0.2) is 36.9 Å². The molecule has 0 fully saturated rings. The molecule has 8 heteroatoms. The molecule has 1 aliphatic heterocycles. The molecule has 0 bridgehead atoms. The first-order chi connectivity index (χ1) is 12.5. The average molecular weight is 355 g/mol. The Morgan fingerprint density at radius 2 is 2.04 bits per heavy atom. The monoisotopic (exact) mass is 355 g/mol. The van der Waals surface area contributed by atoms with Gasteiger partial charge in [0.05, 0.1) is 18.6 Å². The van der Waals surface area contributed by atoms with Crippen LogP contribution in [0.25, 0.3) is 0 Å². The number of amides is 2. The molecule has 8 nitrogen and oxygen atoms in total. The van der Waals surface area contributed by atoms with Crippen LogP contribution in [0, 0.1) is 10.1 Å². The summed E-state index contributed by atoms with van der Waals surface area (Å²) < 4.78 is 5.01. The normalized spacial score (nSPS) is 12.4. The third-order valence-electron chi connectivity index (χ3n) is 4.23. The molecule has 26 heavy (non-hydrogen) atoms. The topological polar surface area (TPSA) is 102 Å². The second-order valence-corrected chi connectivity index (χ2v) is 5.75. The van der Waals surface area contributed by atoms with Crippen LogP contribution in [0.4, 0.5) is 11.4 Å². The number of anilines is 1. The lowest BCUT2D eigenvalue weighted by Gasteiger charge is -2.17. The summed E-state index contributed by atoms with van der Waals surface area (Å²) >= 11 is 0. The predicted octanol–water partition coefficient (Wildman–Crippen LogP) is 1.92. The zero-order chi connectivity index (χ0) is 18.7. The molecule has 0 saturated heterocycles. The molecule has 134 valence electrons. The number of methoxy groups -OCH3 is 1. The number of nitro groups is 1. The van der Waals surface area contributed by atoms with Gasteiger partial charge < -0.3 is 15.0 Å². The van der Waals surface area contributed by atoms with E-state index in [0.29, 0.717) is 12.3 Å². The van der Waals surface area contributed by atoms with Gasteiger partial charge >= 0.3 is 0 Å². The Bertz CT molecular complexity index is 881. The average Bonchev–Trinajstić information content (AvgIpc) is 3.09. The maximum atomic E-state index is 12.4. The van der Waals surface area contributed by atoms with Gasteiger partial charge in [-0.3, -0.25) is 19.7 Å². The van der Waals surface area contributed by atoms with E-state index in [4.69, 9.17) is 4.74 Å². The number of para-hydroxylation sites is 1. The summed E-state index contributed by atoms with van der Waals surface area (Å²) in [6.07, 6.45) is 0.761. The van der Waals surface area contributed by atoms with E-state index in [-0.39, 0.29) is 23.7 Å². The van der Waals surface area contributed by atoms with E-state index in [1.807, 2.05) is 24.3 Å². The number of carbonyl (C=O) groups is 2. The van der Waals surface area contributed by atoms with Crippen LogP contribution in [0.2, 0.25) is 0 Å². The van der Waals surface area contributed by atoms with Crippen LogP contribution in [0.1, 0.15) is 15.9 Å². The smallest absolute Gasteiger partial charge is 0.282 e. The minimum atomic E-state index is -0.698. The number of ether oxygens (including phenoxy) is 1. The molecule has 0 atom stereocenters. The minimum Gasteiger partial charge on any atom is -0.497 e. The van der Waals surface area contributed by atoms with E-state index in [0.717, 1.165) is 17.7 Å². The van der Waals surface area contributed by atoms with Gasteiger partial charge in [0, 0.05) is 18.3 Å². The summed E-state index contributed by atoms with van der Waals surface area (Å²) in [5.41, 5.74) is 1.42. The molecule has 0 radical (unpaired) electrons. The van der Waals surface area contributed by atoms with E-state index < -0.39 is 10.8 Å². The van der Waals surface area contributed by atoms with Crippen molar-refractivity contribution in [3.05, 3.63) is 63.7 Å². The number of hydrogen-bond acceptors (Lipinski definition) is 5. The Morgan fingerprint density at radius 1 is 1.27 bits per heavy atom. The Morgan fingerprint density at radius 3 is 2.77 bits per heavy atom. The molecule has 1 heterocycles. The number of benzene rings is 2. The summed E-state index contributed by atoms with van der Waals surface area (Å²) in [5, 5.41) is 13.6. The third kappa shape index (κ3) is 3.34. The van der Waals surface area contributed by atoms with Gasteiger partial charge in [0.15, 0.2) is 0 Å². The quantitative estimate of drug-likeness (QED) is 0.652. The lowest BCUT2D eigenvalue weighted by molar-refractivity contribution is -0.385. The van der Waals surface area contributed by atoms with Crippen LogP contribution in [0.5, 0.6) is 5.75 Å². The molecule has 1 N–H and O–H groups in total. The summed E-state index contributed by atoms with van der Waals surface area (Å²) in [4.78, 5) is 36.9. The van der Waals surface area contributed by atoms with E-state index in [2.05, 4.69) is 5.32 Å². The number of carbonyl (C=O) groups excluding carboxylic acids is 2. The molecule has 3 rings (SSSR count). The van der Waals surface area contributed by atoms with Crippen LogP contribution in [0.3, 0.4) is 0 Å². The number of rotatable bonds is 5. The second kappa shape index (κ2) is 7.22. The molecule has 0 aliphatic carbocycles. The first-order valence-corrected chi connectivity index (χ1v) is 8.00. The molecule has 0 unspecified atom stereocenters. The van der Waals surface area contributed by atoms with Gasteiger partial charge in [-0.1, -0.05) is 18.2 Å². The van der Waals surface area contributed by atoms with Gasteiger partial charge in [0.1, 0.15) is 11.3 Å². The molecule has 2 aromatic carbocycles. The van der Waals surface area contributed by atoms with Crippen molar-refractivity contribution >= 4 is 23.2 Å². The lowest BCUT2D eigenvalue weighted by atomic mass is 10.1. The maximum absolute atomic E-state index is 12.4. The number of hydrogen-bond donors (Lipinski definition) is 1. The fourth-order valence-electron chi connectivity index (χ4n) is 2.93. The first kappa shape index (κ1) is 17.4. The number of fused-ring (bicyclic) bond motifs is 1. The summed E-state index contributed by atoms with van der Waals surface area (Å²) in [7, 11) is 1.40. The Hall–Kier alpha value is -3.42. The SMILES string of the molecule is COc1ccc([N+](=O)[O-])c(C(=O)NCC(=O)N2CCc3ccccc32)c1. The fourth-order valence-corrected chi connectivity index (χ4v) is 2.93. The molecular weight excluding hydrogens is 338 g/mol. The van der Waals surface area contributed by atoms with Crippen LogP contribution >= 0.6 is 0 Å². The van der Waals surface area contributed by atoms with Crippen molar-refractivity contribution in [2.24, 2.45) is 0 Å². The van der Waals surface area contributed by atoms with Gasteiger partial charge in [-0.2, -0.15) is 0 Å². The number of nitrogens with one attached hydrogen (secondary N) is 1.